The van der Waals surface area contributed by atoms with Gasteiger partial charge in [-0.2, -0.15) is 0 Å². The van der Waals surface area contributed by atoms with Crippen molar-refractivity contribution in [3.63, 3.8) is 0 Å². The molecular weight excluding hydrogens is 271 g/mol. The van der Waals surface area contributed by atoms with E-state index in [0.717, 1.165) is 13.1 Å². The molecule has 0 radical (unpaired) electrons. The molecule has 1 aromatic rings. The van der Waals surface area contributed by atoms with Crippen molar-refractivity contribution in [1.82, 2.24) is 5.32 Å². The maximum Gasteiger partial charge on any atom is 0.275 e. The molecular formula is C16H24FN2O2+. The second kappa shape index (κ2) is 7.52. The van der Waals surface area contributed by atoms with Crippen LogP contribution < -0.4 is 10.2 Å². The number of quaternary nitrogens is 1. The highest BCUT2D eigenvalue weighted by atomic mass is 19.1. The fraction of sp³-hybridized carbons (Fsp3) is 0.562. The molecule has 2 rings (SSSR count). The second-order valence-electron chi connectivity index (χ2n) is 5.78. The first kappa shape index (κ1) is 15.9. The van der Waals surface area contributed by atoms with Crippen molar-refractivity contribution >= 4 is 5.91 Å². The summed E-state index contributed by atoms with van der Waals surface area (Å²) in [6.07, 6.45) is 0.897. The monoisotopic (exact) mass is 295 g/mol. The van der Waals surface area contributed by atoms with E-state index in [1.807, 2.05) is 13.8 Å². The molecule has 1 saturated heterocycles. The number of rotatable bonds is 5. The van der Waals surface area contributed by atoms with Crippen molar-refractivity contribution in [2.75, 3.05) is 26.2 Å². The minimum absolute atomic E-state index is 0.0163. The largest absolute Gasteiger partial charge is 0.364 e. The molecule has 116 valence electrons. The average molecular weight is 295 g/mol. The van der Waals surface area contributed by atoms with Gasteiger partial charge in [0.05, 0.1) is 0 Å². The van der Waals surface area contributed by atoms with E-state index in [4.69, 9.17) is 4.74 Å². The average Bonchev–Trinajstić information content (AvgIpc) is 2.39. The van der Waals surface area contributed by atoms with Gasteiger partial charge in [0.2, 0.25) is 0 Å². The highest BCUT2D eigenvalue weighted by molar-refractivity contribution is 5.76. The molecule has 21 heavy (non-hydrogen) atoms. The number of halogens is 1. The fourth-order valence-electron chi connectivity index (χ4n) is 2.86. The van der Waals surface area contributed by atoms with Crippen molar-refractivity contribution in [2.24, 2.45) is 0 Å². The van der Waals surface area contributed by atoms with Gasteiger partial charge in [0, 0.05) is 6.54 Å². The third kappa shape index (κ3) is 5.10. The lowest BCUT2D eigenvalue weighted by atomic mass is 10.1. The number of nitrogens with one attached hydrogen (secondary N) is 2. The molecule has 0 unspecified atom stereocenters. The molecule has 0 spiro atoms. The van der Waals surface area contributed by atoms with E-state index in [-0.39, 0.29) is 23.9 Å². The van der Waals surface area contributed by atoms with Gasteiger partial charge >= 0.3 is 0 Å². The smallest absolute Gasteiger partial charge is 0.275 e. The number of ether oxygens (including phenoxy) is 1. The predicted molar refractivity (Wildman–Crippen MR) is 78.7 cm³/mol. The zero-order chi connectivity index (χ0) is 15.2. The van der Waals surface area contributed by atoms with Gasteiger partial charge in [0.25, 0.3) is 5.91 Å². The van der Waals surface area contributed by atoms with E-state index in [1.54, 1.807) is 18.2 Å². The first-order valence-corrected chi connectivity index (χ1v) is 7.53. The normalized spacial score (nSPS) is 25.6. The van der Waals surface area contributed by atoms with Gasteiger partial charge in [-0.1, -0.05) is 18.2 Å². The summed E-state index contributed by atoms with van der Waals surface area (Å²) in [5, 5.41) is 2.87. The lowest BCUT2D eigenvalue weighted by Gasteiger charge is -2.31. The minimum atomic E-state index is -0.215. The Kier molecular flexibility index (Phi) is 5.70. The molecule has 4 nitrogen and oxygen atoms in total. The lowest BCUT2D eigenvalue weighted by Crippen LogP contribution is -3.16. The molecule has 1 fully saturated rings. The summed E-state index contributed by atoms with van der Waals surface area (Å²) >= 11 is 0. The first-order chi connectivity index (χ1) is 10.0. The van der Waals surface area contributed by atoms with E-state index in [2.05, 4.69) is 5.32 Å². The van der Waals surface area contributed by atoms with Crippen molar-refractivity contribution in [2.45, 2.75) is 32.5 Å². The third-order valence-corrected chi connectivity index (χ3v) is 3.70. The zero-order valence-electron chi connectivity index (χ0n) is 12.7. The van der Waals surface area contributed by atoms with Crippen LogP contribution in [0.3, 0.4) is 0 Å². The highest BCUT2D eigenvalue weighted by Crippen LogP contribution is 2.06. The van der Waals surface area contributed by atoms with Gasteiger partial charge < -0.3 is 15.0 Å². The van der Waals surface area contributed by atoms with Crippen LogP contribution in [0.25, 0.3) is 0 Å². The molecule has 1 aromatic carbocycles. The molecule has 5 heteroatoms. The summed E-state index contributed by atoms with van der Waals surface area (Å²) in [5.41, 5.74) is 0.638. The second-order valence-corrected chi connectivity index (χ2v) is 5.78. The Labute approximate surface area is 125 Å². The molecule has 2 atom stereocenters. The maximum absolute atomic E-state index is 13.4. The summed E-state index contributed by atoms with van der Waals surface area (Å²) in [7, 11) is 0. The standard InChI is InChI=1S/C16H23FN2O2/c1-12-9-19(10-13(2)21-12)11-16(20)18-8-7-14-5-3-4-6-15(14)17/h3-6,12-13H,7-11H2,1-2H3,(H,18,20)/p+1/t12-,13-/m0/s1. The number of hydrogen-bond acceptors (Lipinski definition) is 2. The van der Waals surface area contributed by atoms with Crippen molar-refractivity contribution in [3.05, 3.63) is 35.6 Å². The van der Waals surface area contributed by atoms with Crippen LogP contribution in [0.1, 0.15) is 19.4 Å². The highest BCUT2D eigenvalue weighted by Gasteiger charge is 2.26. The van der Waals surface area contributed by atoms with Gasteiger partial charge in [0.1, 0.15) is 31.1 Å². The maximum atomic E-state index is 13.4. The molecule has 1 aliphatic heterocycles. The van der Waals surface area contributed by atoms with E-state index < -0.39 is 0 Å². The van der Waals surface area contributed by atoms with E-state index >= 15 is 0 Å². The molecule has 0 aliphatic carbocycles. The number of amides is 1. The van der Waals surface area contributed by atoms with Crippen molar-refractivity contribution < 1.29 is 18.8 Å². The van der Waals surface area contributed by atoms with Crippen LogP contribution in [-0.4, -0.2) is 44.3 Å². The Balaban J connectivity index is 1.71. The van der Waals surface area contributed by atoms with Crippen LogP contribution in [0.2, 0.25) is 0 Å². The topological polar surface area (TPSA) is 42.8 Å². The predicted octanol–water partition coefficient (Wildman–Crippen LogP) is 0.177. The summed E-state index contributed by atoms with van der Waals surface area (Å²) < 4.78 is 19.1. The Morgan fingerprint density at radius 3 is 2.67 bits per heavy atom. The van der Waals surface area contributed by atoms with Crippen molar-refractivity contribution in [3.8, 4) is 0 Å². The Morgan fingerprint density at radius 2 is 2.00 bits per heavy atom. The zero-order valence-corrected chi connectivity index (χ0v) is 12.7. The molecule has 1 amide bonds. The number of carbonyl (C=O) groups excluding carboxylic acids is 1. The summed E-state index contributed by atoms with van der Waals surface area (Å²) in [4.78, 5) is 13.2. The molecule has 0 bridgehead atoms. The Bertz CT molecular complexity index is 471. The third-order valence-electron chi connectivity index (χ3n) is 3.70. The Hall–Kier alpha value is -1.46. The molecule has 2 N–H and O–H groups in total. The van der Waals surface area contributed by atoms with Crippen LogP contribution in [0.5, 0.6) is 0 Å². The lowest BCUT2D eigenvalue weighted by molar-refractivity contribution is -0.907. The Morgan fingerprint density at radius 1 is 1.33 bits per heavy atom. The number of benzene rings is 1. The van der Waals surface area contributed by atoms with Crippen LogP contribution in [0, 0.1) is 5.82 Å². The summed E-state index contributed by atoms with van der Waals surface area (Å²) in [6, 6.07) is 6.66. The molecule has 0 saturated carbocycles. The van der Waals surface area contributed by atoms with Gasteiger partial charge in [-0.25, -0.2) is 4.39 Å². The van der Waals surface area contributed by atoms with Gasteiger partial charge in [-0.3, -0.25) is 4.79 Å². The van der Waals surface area contributed by atoms with Crippen molar-refractivity contribution in [1.29, 1.82) is 0 Å². The number of carbonyl (C=O) groups is 1. The summed E-state index contributed by atoms with van der Waals surface area (Å²) in [6.45, 7) is 6.69. The summed E-state index contributed by atoms with van der Waals surface area (Å²) in [5.74, 6) is -0.198. The quantitative estimate of drug-likeness (QED) is 0.814. The van der Waals surface area contributed by atoms with E-state index in [1.165, 1.54) is 11.0 Å². The number of morpholine rings is 1. The molecule has 1 heterocycles. The van der Waals surface area contributed by atoms with Crippen LogP contribution in [-0.2, 0) is 16.0 Å². The number of hydrogen-bond donors (Lipinski definition) is 2. The minimum Gasteiger partial charge on any atom is -0.364 e. The SMILES string of the molecule is C[C@H]1C[NH+](CC(=O)NCCc2ccccc2F)C[C@H](C)O1. The fourth-order valence-corrected chi connectivity index (χ4v) is 2.86. The first-order valence-electron chi connectivity index (χ1n) is 7.53. The van der Waals surface area contributed by atoms with Gasteiger partial charge in [-0.05, 0) is 31.9 Å². The van der Waals surface area contributed by atoms with E-state index in [9.17, 15) is 9.18 Å². The van der Waals surface area contributed by atoms with Gasteiger partial charge in [-0.15, -0.1) is 0 Å². The van der Waals surface area contributed by atoms with Crippen LogP contribution in [0.4, 0.5) is 4.39 Å². The molecule has 0 aromatic heterocycles. The van der Waals surface area contributed by atoms with Crippen LogP contribution >= 0.6 is 0 Å². The van der Waals surface area contributed by atoms with Gasteiger partial charge in [0.15, 0.2) is 6.54 Å². The van der Waals surface area contributed by atoms with Crippen LogP contribution in [0.15, 0.2) is 24.3 Å². The molecule has 1 aliphatic rings. The van der Waals surface area contributed by atoms with E-state index in [0.29, 0.717) is 25.1 Å².